The molecule has 6 heteroatoms. The van der Waals surface area contributed by atoms with Gasteiger partial charge >= 0.3 is 0 Å². The third-order valence-corrected chi connectivity index (χ3v) is 2.98. The number of carbonyl (C=O) groups excluding carboxylic acids is 1. The third kappa shape index (κ3) is 3.46. The minimum atomic E-state index is -0.638. The van der Waals surface area contributed by atoms with Crippen molar-refractivity contribution in [2.45, 2.75) is 25.7 Å². The summed E-state index contributed by atoms with van der Waals surface area (Å²) in [6, 6.07) is 4.10. The smallest absolute Gasteiger partial charge is 0.254 e. The first kappa shape index (κ1) is 14.7. The van der Waals surface area contributed by atoms with E-state index >= 15 is 0 Å². The van der Waals surface area contributed by atoms with Crippen molar-refractivity contribution in [3.8, 4) is 5.75 Å². The molecule has 1 heterocycles. The molecule has 0 spiro atoms. The Balaban J connectivity index is 1.92. The number of ether oxygens (including phenoxy) is 3. The molecule has 1 aromatic carbocycles. The van der Waals surface area contributed by atoms with Crippen molar-refractivity contribution >= 4 is 5.91 Å². The Kier molecular flexibility index (Phi) is 4.25. The highest BCUT2D eigenvalue weighted by atomic mass is 19.1. The van der Waals surface area contributed by atoms with Crippen molar-refractivity contribution in [2.24, 2.45) is 0 Å². The minimum absolute atomic E-state index is 0.0241. The van der Waals surface area contributed by atoms with Gasteiger partial charge in [0.2, 0.25) is 0 Å². The van der Waals surface area contributed by atoms with E-state index in [1.165, 1.54) is 25.3 Å². The van der Waals surface area contributed by atoms with Gasteiger partial charge in [-0.05, 0) is 26.0 Å². The molecule has 0 saturated carbocycles. The van der Waals surface area contributed by atoms with Crippen LogP contribution in [0.15, 0.2) is 18.2 Å². The first-order valence-corrected chi connectivity index (χ1v) is 6.35. The number of carbonyl (C=O) groups is 1. The van der Waals surface area contributed by atoms with Crippen LogP contribution in [0.1, 0.15) is 24.2 Å². The lowest BCUT2D eigenvalue weighted by atomic mass is 10.2. The van der Waals surface area contributed by atoms with Crippen LogP contribution < -0.4 is 10.1 Å². The number of methoxy groups -OCH3 is 1. The second-order valence-corrected chi connectivity index (χ2v) is 5.01. The zero-order valence-electron chi connectivity index (χ0n) is 11.7. The normalized spacial score (nSPS) is 20.7. The van der Waals surface area contributed by atoms with Crippen molar-refractivity contribution in [2.75, 3.05) is 20.3 Å². The van der Waals surface area contributed by atoms with Gasteiger partial charge in [-0.15, -0.1) is 0 Å². The lowest BCUT2D eigenvalue weighted by Crippen LogP contribution is -2.34. The fourth-order valence-electron chi connectivity index (χ4n) is 1.97. The van der Waals surface area contributed by atoms with Gasteiger partial charge in [0.15, 0.2) is 5.79 Å². The lowest BCUT2D eigenvalue weighted by Gasteiger charge is -2.17. The maximum atomic E-state index is 13.7. The molecular formula is C14H18FNO4. The van der Waals surface area contributed by atoms with Crippen LogP contribution >= 0.6 is 0 Å². The summed E-state index contributed by atoms with van der Waals surface area (Å²) in [4.78, 5) is 11.9. The number of amides is 1. The number of benzene rings is 1. The maximum absolute atomic E-state index is 13.7. The quantitative estimate of drug-likeness (QED) is 0.914. The molecule has 1 N–H and O–H groups in total. The number of nitrogens with one attached hydrogen (secondary N) is 1. The van der Waals surface area contributed by atoms with Crippen molar-refractivity contribution < 1.29 is 23.4 Å². The van der Waals surface area contributed by atoms with E-state index in [0.717, 1.165) is 0 Å². The van der Waals surface area contributed by atoms with Gasteiger partial charge in [-0.3, -0.25) is 4.79 Å². The van der Waals surface area contributed by atoms with Crippen molar-refractivity contribution in [3.63, 3.8) is 0 Å². The molecule has 0 radical (unpaired) electrons. The standard InChI is InChI=1S/C14H18FNO4/c1-14(2)19-8-10(20-14)7-16-13(17)11-5-4-9(18-3)6-12(11)15/h4-6,10H,7-8H2,1-3H3,(H,16,17). The van der Waals surface area contributed by atoms with E-state index in [4.69, 9.17) is 14.2 Å². The van der Waals surface area contributed by atoms with E-state index in [1.807, 2.05) is 0 Å². The molecule has 0 aliphatic carbocycles. The van der Waals surface area contributed by atoms with E-state index in [0.29, 0.717) is 12.4 Å². The number of hydrogen-bond acceptors (Lipinski definition) is 4. The van der Waals surface area contributed by atoms with Gasteiger partial charge in [0, 0.05) is 12.6 Å². The van der Waals surface area contributed by atoms with Crippen LogP contribution in [0, 0.1) is 5.82 Å². The Morgan fingerprint density at radius 3 is 2.85 bits per heavy atom. The van der Waals surface area contributed by atoms with Gasteiger partial charge in [-0.25, -0.2) is 4.39 Å². The largest absolute Gasteiger partial charge is 0.497 e. The zero-order chi connectivity index (χ0) is 14.8. The van der Waals surface area contributed by atoms with Crippen molar-refractivity contribution in [1.29, 1.82) is 0 Å². The second kappa shape index (κ2) is 5.76. The Morgan fingerprint density at radius 2 is 2.30 bits per heavy atom. The predicted molar refractivity (Wildman–Crippen MR) is 70.2 cm³/mol. The van der Waals surface area contributed by atoms with Crippen LogP contribution in [0.25, 0.3) is 0 Å². The number of halogens is 1. The summed E-state index contributed by atoms with van der Waals surface area (Å²) < 4.78 is 29.5. The van der Waals surface area contributed by atoms with Crippen LogP contribution in [0.5, 0.6) is 5.75 Å². The fraction of sp³-hybridized carbons (Fsp3) is 0.500. The van der Waals surface area contributed by atoms with Crippen molar-refractivity contribution in [3.05, 3.63) is 29.6 Å². The zero-order valence-corrected chi connectivity index (χ0v) is 11.7. The molecule has 1 fully saturated rings. The highest BCUT2D eigenvalue weighted by Crippen LogP contribution is 2.22. The summed E-state index contributed by atoms with van der Waals surface area (Å²) in [5.74, 6) is -1.38. The van der Waals surface area contributed by atoms with Crippen LogP contribution in [0.4, 0.5) is 4.39 Å². The van der Waals surface area contributed by atoms with Gasteiger partial charge in [0.25, 0.3) is 5.91 Å². The minimum Gasteiger partial charge on any atom is -0.497 e. The molecule has 1 saturated heterocycles. The molecule has 110 valence electrons. The van der Waals surface area contributed by atoms with Crippen molar-refractivity contribution in [1.82, 2.24) is 5.32 Å². The average molecular weight is 283 g/mol. The van der Waals surface area contributed by atoms with Gasteiger partial charge in [0.05, 0.1) is 19.3 Å². The van der Waals surface area contributed by atoms with E-state index in [2.05, 4.69) is 5.32 Å². The Hall–Kier alpha value is -1.66. The van der Waals surface area contributed by atoms with E-state index in [1.54, 1.807) is 13.8 Å². The SMILES string of the molecule is COc1ccc(C(=O)NCC2COC(C)(C)O2)c(F)c1. The van der Waals surface area contributed by atoms with E-state index in [-0.39, 0.29) is 18.2 Å². The highest BCUT2D eigenvalue weighted by molar-refractivity contribution is 5.94. The maximum Gasteiger partial charge on any atom is 0.254 e. The molecule has 1 aromatic rings. The average Bonchev–Trinajstić information content (AvgIpc) is 2.75. The molecule has 1 amide bonds. The first-order chi connectivity index (χ1) is 9.41. The number of hydrogen-bond donors (Lipinski definition) is 1. The molecular weight excluding hydrogens is 265 g/mol. The molecule has 0 bridgehead atoms. The van der Waals surface area contributed by atoms with Gasteiger partial charge in [-0.2, -0.15) is 0 Å². The van der Waals surface area contributed by atoms with E-state index < -0.39 is 17.5 Å². The van der Waals surface area contributed by atoms with Crippen LogP contribution in [-0.4, -0.2) is 38.1 Å². The molecule has 1 aliphatic rings. The predicted octanol–water partition coefficient (Wildman–Crippen LogP) is 1.72. The molecule has 5 nitrogen and oxygen atoms in total. The molecule has 1 atom stereocenters. The van der Waals surface area contributed by atoms with Gasteiger partial charge in [-0.1, -0.05) is 0 Å². The summed E-state index contributed by atoms with van der Waals surface area (Å²) in [5, 5.41) is 2.63. The molecule has 20 heavy (non-hydrogen) atoms. The first-order valence-electron chi connectivity index (χ1n) is 6.35. The number of rotatable bonds is 4. The third-order valence-electron chi connectivity index (χ3n) is 2.98. The summed E-state index contributed by atoms with van der Waals surface area (Å²) >= 11 is 0. The summed E-state index contributed by atoms with van der Waals surface area (Å²) in [6.45, 7) is 4.28. The molecule has 0 aromatic heterocycles. The fourth-order valence-corrected chi connectivity index (χ4v) is 1.97. The topological polar surface area (TPSA) is 56.8 Å². The summed E-state index contributed by atoms with van der Waals surface area (Å²) in [6.07, 6.45) is -0.227. The second-order valence-electron chi connectivity index (χ2n) is 5.01. The summed E-state index contributed by atoms with van der Waals surface area (Å²) in [5.41, 5.74) is -0.0241. The Morgan fingerprint density at radius 1 is 1.55 bits per heavy atom. The molecule has 2 rings (SSSR count). The monoisotopic (exact) mass is 283 g/mol. The van der Waals surface area contributed by atoms with Gasteiger partial charge < -0.3 is 19.5 Å². The molecule has 1 unspecified atom stereocenters. The van der Waals surface area contributed by atoms with Gasteiger partial charge in [0.1, 0.15) is 17.7 Å². The van der Waals surface area contributed by atoms with E-state index in [9.17, 15) is 9.18 Å². The van der Waals surface area contributed by atoms with Crippen LogP contribution in [0.3, 0.4) is 0 Å². The lowest BCUT2D eigenvalue weighted by molar-refractivity contribution is -0.137. The molecule has 1 aliphatic heterocycles. The van der Waals surface area contributed by atoms with Crippen LogP contribution in [-0.2, 0) is 9.47 Å². The summed E-state index contributed by atoms with van der Waals surface area (Å²) in [7, 11) is 1.44. The highest BCUT2D eigenvalue weighted by Gasteiger charge is 2.32. The Bertz CT molecular complexity index is 504. The van der Waals surface area contributed by atoms with Crippen LogP contribution in [0.2, 0.25) is 0 Å². The Labute approximate surface area is 117 Å².